The summed E-state index contributed by atoms with van der Waals surface area (Å²) in [4.78, 5) is 30.9. The number of carbonyl (C=O) groups is 2. The molecule has 1 N–H and O–H groups in total. The van der Waals surface area contributed by atoms with Crippen molar-refractivity contribution < 1.29 is 9.59 Å². The molecule has 1 unspecified atom stereocenters. The number of imidazole rings is 1. The van der Waals surface area contributed by atoms with Gasteiger partial charge in [-0.3, -0.25) is 9.59 Å². The molecule has 29 heavy (non-hydrogen) atoms. The first-order chi connectivity index (χ1) is 14.2. The minimum atomic E-state index is -0.299. The molecule has 1 atom stereocenters. The summed E-state index contributed by atoms with van der Waals surface area (Å²) in [7, 11) is 0. The topological polar surface area (TPSA) is 67.2 Å². The highest BCUT2D eigenvalue weighted by Crippen LogP contribution is 2.21. The minimum absolute atomic E-state index is 0.0366. The van der Waals surface area contributed by atoms with Crippen LogP contribution in [0.5, 0.6) is 0 Å². The summed E-state index contributed by atoms with van der Waals surface area (Å²) in [5.41, 5.74) is 3.29. The predicted octanol–water partition coefficient (Wildman–Crippen LogP) is 2.60. The van der Waals surface area contributed by atoms with E-state index in [-0.39, 0.29) is 24.2 Å². The average Bonchev–Trinajstić information content (AvgIpc) is 3.38. The molecule has 0 bridgehead atoms. The van der Waals surface area contributed by atoms with Gasteiger partial charge >= 0.3 is 0 Å². The second-order valence-electron chi connectivity index (χ2n) is 7.38. The second kappa shape index (κ2) is 8.73. The molecule has 6 heteroatoms. The summed E-state index contributed by atoms with van der Waals surface area (Å²) in [6.07, 6.45) is 5.72. The van der Waals surface area contributed by atoms with Crippen LogP contribution >= 0.6 is 0 Å². The van der Waals surface area contributed by atoms with Crippen LogP contribution in [0, 0.1) is 5.92 Å². The van der Waals surface area contributed by atoms with Crippen molar-refractivity contribution in [2.24, 2.45) is 5.92 Å². The fourth-order valence-electron chi connectivity index (χ4n) is 3.69. The van der Waals surface area contributed by atoms with Crippen LogP contribution in [0.1, 0.15) is 23.1 Å². The van der Waals surface area contributed by atoms with Gasteiger partial charge in [0, 0.05) is 45.0 Å². The third-order valence-corrected chi connectivity index (χ3v) is 5.29. The van der Waals surface area contributed by atoms with Crippen molar-refractivity contribution in [1.82, 2.24) is 19.8 Å². The monoisotopic (exact) mass is 388 g/mol. The van der Waals surface area contributed by atoms with E-state index in [0.717, 1.165) is 16.7 Å². The van der Waals surface area contributed by atoms with Crippen molar-refractivity contribution in [3.8, 4) is 0 Å². The largest absolute Gasteiger partial charge is 0.352 e. The SMILES string of the molecule is O=C(NCc1ccccc1Cn1ccnc1)C1CC(=O)N(Cc2ccccc2)C1. The fourth-order valence-corrected chi connectivity index (χ4v) is 3.69. The molecule has 2 aromatic carbocycles. The van der Waals surface area contributed by atoms with Gasteiger partial charge in [0.15, 0.2) is 0 Å². The van der Waals surface area contributed by atoms with E-state index < -0.39 is 0 Å². The van der Waals surface area contributed by atoms with E-state index in [9.17, 15) is 9.59 Å². The highest BCUT2D eigenvalue weighted by atomic mass is 16.2. The van der Waals surface area contributed by atoms with Crippen molar-refractivity contribution in [1.29, 1.82) is 0 Å². The molecule has 0 aliphatic carbocycles. The summed E-state index contributed by atoms with van der Waals surface area (Å²) in [5.74, 6) is -0.326. The number of nitrogens with one attached hydrogen (secondary N) is 1. The molecular weight excluding hydrogens is 364 g/mol. The van der Waals surface area contributed by atoms with Gasteiger partial charge in [0.25, 0.3) is 0 Å². The van der Waals surface area contributed by atoms with E-state index in [2.05, 4.69) is 16.4 Å². The van der Waals surface area contributed by atoms with E-state index in [1.54, 1.807) is 17.4 Å². The van der Waals surface area contributed by atoms with Gasteiger partial charge in [-0.25, -0.2) is 4.98 Å². The molecule has 0 radical (unpaired) electrons. The van der Waals surface area contributed by atoms with Gasteiger partial charge in [-0.05, 0) is 16.7 Å². The zero-order chi connectivity index (χ0) is 20.1. The van der Waals surface area contributed by atoms with E-state index in [1.165, 1.54) is 0 Å². The summed E-state index contributed by atoms with van der Waals surface area (Å²) >= 11 is 0. The molecule has 0 spiro atoms. The van der Waals surface area contributed by atoms with Gasteiger partial charge in [0.05, 0.1) is 12.2 Å². The zero-order valence-electron chi connectivity index (χ0n) is 16.2. The molecule has 148 valence electrons. The molecule has 0 saturated carbocycles. The van der Waals surface area contributed by atoms with Crippen molar-refractivity contribution in [3.63, 3.8) is 0 Å². The number of likely N-dealkylation sites (tertiary alicyclic amines) is 1. The van der Waals surface area contributed by atoms with Crippen LogP contribution in [0.3, 0.4) is 0 Å². The summed E-state index contributed by atoms with van der Waals surface area (Å²) in [6, 6.07) is 17.9. The lowest BCUT2D eigenvalue weighted by Gasteiger charge is -2.17. The van der Waals surface area contributed by atoms with Crippen LogP contribution < -0.4 is 5.32 Å². The Balaban J connectivity index is 1.34. The Labute approximate surface area is 170 Å². The first kappa shape index (κ1) is 18.9. The number of nitrogens with zero attached hydrogens (tertiary/aromatic N) is 3. The molecule has 4 rings (SSSR count). The Kier molecular flexibility index (Phi) is 5.70. The van der Waals surface area contributed by atoms with Crippen LogP contribution in [0.15, 0.2) is 73.3 Å². The molecule has 1 aliphatic heterocycles. The van der Waals surface area contributed by atoms with Gasteiger partial charge in [0.1, 0.15) is 0 Å². The molecule has 6 nitrogen and oxygen atoms in total. The summed E-state index contributed by atoms with van der Waals surface area (Å²) < 4.78 is 2.00. The number of amides is 2. The molecule has 2 amide bonds. The van der Waals surface area contributed by atoms with E-state index in [1.807, 2.05) is 59.3 Å². The van der Waals surface area contributed by atoms with Crippen molar-refractivity contribution in [2.75, 3.05) is 6.54 Å². The number of carbonyl (C=O) groups excluding carboxylic acids is 2. The fraction of sp³-hybridized carbons (Fsp3) is 0.261. The number of hydrogen-bond donors (Lipinski definition) is 1. The van der Waals surface area contributed by atoms with E-state index >= 15 is 0 Å². The van der Waals surface area contributed by atoms with Crippen LogP contribution in [0.2, 0.25) is 0 Å². The zero-order valence-corrected chi connectivity index (χ0v) is 16.2. The van der Waals surface area contributed by atoms with Crippen LogP contribution in [0.4, 0.5) is 0 Å². The third kappa shape index (κ3) is 4.71. The lowest BCUT2D eigenvalue weighted by Crippen LogP contribution is -2.32. The maximum Gasteiger partial charge on any atom is 0.225 e. The van der Waals surface area contributed by atoms with Gasteiger partial charge in [-0.2, -0.15) is 0 Å². The van der Waals surface area contributed by atoms with Crippen LogP contribution in [0.25, 0.3) is 0 Å². The standard InChI is InChI=1S/C23H24N4O2/c28-22-12-21(16-27(22)14-18-6-2-1-3-7-18)23(29)25-13-19-8-4-5-9-20(19)15-26-11-10-24-17-26/h1-11,17,21H,12-16H2,(H,25,29). The third-order valence-electron chi connectivity index (χ3n) is 5.29. The maximum atomic E-state index is 12.7. The normalized spacial score (nSPS) is 16.2. The van der Waals surface area contributed by atoms with Crippen molar-refractivity contribution in [2.45, 2.75) is 26.1 Å². The predicted molar refractivity (Wildman–Crippen MR) is 110 cm³/mol. The average molecular weight is 388 g/mol. The molecule has 1 aliphatic rings. The van der Waals surface area contributed by atoms with E-state index in [0.29, 0.717) is 26.2 Å². The smallest absolute Gasteiger partial charge is 0.225 e. The molecule has 1 aromatic heterocycles. The highest BCUT2D eigenvalue weighted by Gasteiger charge is 2.34. The van der Waals surface area contributed by atoms with Crippen molar-refractivity contribution >= 4 is 11.8 Å². The number of aromatic nitrogens is 2. The Morgan fingerprint density at radius 3 is 2.55 bits per heavy atom. The highest BCUT2D eigenvalue weighted by molar-refractivity contribution is 5.89. The Bertz CT molecular complexity index is 970. The lowest BCUT2D eigenvalue weighted by atomic mass is 10.1. The Morgan fingerprint density at radius 2 is 1.79 bits per heavy atom. The number of hydrogen-bond acceptors (Lipinski definition) is 3. The molecule has 2 heterocycles. The Morgan fingerprint density at radius 1 is 1.03 bits per heavy atom. The molecule has 1 fully saturated rings. The van der Waals surface area contributed by atoms with Gasteiger partial charge in [-0.1, -0.05) is 54.6 Å². The Hall–Kier alpha value is -3.41. The van der Waals surface area contributed by atoms with Crippen LogP contribution in [-0.2, 0) is 29.2 Å². The lowest BCUT2D eigenvalue weighted by molar-refractivity contribution is -0.129. The first-order valence-electron chi connectivity index (χ1n) is 9.81. The number of benzene rings is 2. The molecule has 1 saturated heterocycles. The van der Waals surface area contributed by atoms with Crippen LogP contribution in [-0.4, -0.2) is 32.8 Å². The van der Waals surface area contributed by atoms with Gasteiger partial charge in [0.2, 0.25) is 11.8 Å². The molecule has 3 aromatic rings. The second-order valence-corrected chi connectivity index (χ2v) is 7.38. The van der Waals surface area contributed by atoms with Gasteiger partial charge < -0.3 is 14.8 Å². The van der Waals surface area contributed by atoms with Crippen molar-refractivity contribution in [3.05, 3.63) is 90.0 Å². The number of rotatable bonds is 7. The summed E-state index contributed by atoms with van der Waals surface area (Å²) in [5, 5.41) is 3.02. The summed E-state index contributed by atoms with van der Waals surface area (Å²) in [6.45, 7) is 2.18. The maximum absolute atomic E-state index is 12.7. The quantitative estimate of drug-likeness (QED) is 0.677. The van der Waals surface area contributed by atoms with Gasteiger partial charge in [-0.15, -0.1) is 0 Å². The van der Waals surface area contributed by atoms with E-state index in [4.69, 9.17) is 0 Å². The molecular formula is C23H24N4O2. The first-order valence-corrected chi connectivity index (χ1v) is 9.81. The minimum Gasteiger partial charge on any atom is -0.352 e.